The molecule has 1 aromatic heterocycles. The Morgan fingerprint density at radius 2 is 1.67 bits per heavy atom. The van der Waals surface area contributed by atoms with Gasteiger partial charge in [0.05, 0.1) is 48.1 Å². The highest BCUT2D eigenvalue weighted by Crippen LogP contribution is 2.43. The molecule has 7 aliphatic rings. The first-order valence-electron chi connectivity index (χ1n) is 22.8. The van der Waals surface area contributed by atoms with Gasteiger partial charge in [-0.15, -0.1) is 10.2 Å². The number of benzene rings is 3. The van der Waals surface area contributed by atoms with Crippen LogP contribution in [0.3, 0.4) is 0 Å². The Morgan fingerprint density at radius 3 is 2.47 bits per heavy atom. The van der Waals surface area contributed by atoms with Crippen LogP contribution < -0.4 is 40.1 Å². The molecule has 2 bridgehead atoms. The Hall–Kier alpha value is -6.63. The molecule has 0 aliphatic carbocycles. The number of imide groups is 1. The number of phenols is 1. The number of rotatable bonds is 8. The van der Waals surface area contributed by atoms with Gasteiger partial charge in [0.25, 0.3) is 0 Å². The maximum Gasteiger partial charge on any atom is 0.319 e. The molecule has 4 amide bonds. The van der Waals surface area contributed by atoms with Crippen molar-refractivity contribution >= 4 is 46.4 Å². The van der Waals surface area contributed by atoms with Gasteiger partial charge in [-0.25, -0.2) is 13.6 Å². The zero-order valence-corrected chi connectivity index (χ0v) is 36.8. The Morgan fingerprint density at radius 1 is 0.879 bits per heavy atom. The summed E-state index contributed by atoms with van der Waals surface area (Å²) < 4.78 is 48.4. The summed E-state index contributed by atoms with van der Waals surface area (Å²) in [5.74, 6) is -0.850. The van der Waals surface area contributed by atoms with Crippen LogP contribution in [0, 0.1) is 11.6 Å². The molecular weight excluding hydrogens is 855 g/mol. The lowest BCUT2D eigenvalue weighted by atomic mass is 10.0. The number of hydrogen-bond donors (Lipinski definition) is 3. The number of aromatic nitrogens is 2. The Labute approximate surface area is 380 Å². The summed E-state index contributed by atoms with van der Waals surface area (Å²) in [6.45, 7) is 5.36. The number of urea groups is 1. The number of halogens is 2. The van der Waals surface area contributed by atoms with E-state index in [9.17, 15) is 23.9 Å². The molecule has 6 saturated heterocycles. The number of likely N-dealkylation sites (tertiary alicyclic amines) is 1. The van der Waals surface area contributed by atoms with Crippen LogP contribution in [0.4, 0.5) is 42.1 Å². The van der Waals surface area contributed by atoms with Gasteiger partial charge in [0, 0.05) is 102 Å². The zero-order valence-electron chi connectivity index (χ0n) is 36.8. The maximum absolute atomic E-state index is 15.4. The SMILES string of the molecule is CN(C(=O)N1CCC(Oc2cc(F)cc(N3CC4CN(c5cc(-c6cccc(F)c6O)nnc5N)C[C@H]3CO4)c2)CC1)C1CCN(c2cccc3c2OCCN3[C@H]2CCC(=O)NC2=O)CC1. The highest BCUT2D eigenvalue weighted by atomic mass is 19.1. The van der Waals surface area contributed by atoms with Crippen LogP contribution in [0.1, 0.15) is 38.5 Å². The number of aromatic hydroxyl groups is 1. The topological polar surface area (TPSA) is 182 Å². The molecule has 4 N–H and O–H groups in total. The standard InChI is InChI=1S/C47H54F2N10O7/c1-54(29-10-14-55(15-11-29)38-6-3-7-39-44(38)64-19-18-58(39)40-8-9-42(60)51-46(40)62)47(63)56-16-12-32(13-17-56)66-33-21-28(48)20-30(22-33)59-26-34-25-57(24-31(59)27-65-34)41-23-37(52-53-45(41)50)35-4-2-5-36(49)43(35)61/h2-7,20-23,29,31-32,34,40,61H,8-19,24-27H2,1H3,(H2,50,53)(H,51,60,62)/t31-,34?,40-/m0/s1. The lowest BCUT2D eigenvalue weighted by Gasteiger charge is -2.42. The third kappa shape index (κ3) is 8.51. The largest absolute Gasteiger partial charge is 0.504 e. The number of anilines is 5. The zero-order chi connectivity index (χ0) is 45.6. The van der Waals surface area contributed by atoms with Crippen LogP contribution in [0.25, 0.3) is 11.3 Å². The molecule has 6 fully saturated rings. The normalized spacial score (nSPS) is 22.7. The summed E-state index contributed by atoms with van der Waals surface area (Å²) in [5, 5.41) is 21.1. The van der Waals surface area contributed by atoms with E-state index in [1.807, 2.05) is 46.0 Å². The van der Waals surface area contributed by atoms with Gasteiger partial charge < -0.3 is 54.5 Å². The number of para-hydroxylation sites is 2. The van der Waals surface area contributed by atoms with E-state index in [0.717, 1.165) is 43.1 Å². The van der Waals surface area contributed by atoms with Gasteiger partial charge in [-0.2, -0.15) is 0 Å². The lowest BCUT2D eigenvalue weighted by Crippen LogP contribution is -2.54. The van der Waals surface area contributed by atoms with Crippen molar-refractivity contribution < 1.29 is 42.5 Å². The number of piperidine rings is 3. The molecule has 7 aliphatic heterocycles. The summed E-state index contributed by atoms with van der Waals surface area (Å²) in [6.07, 6.45) is 3.11. The van der Waals surface area contributed by atoms with Gasteiger partial charge in [-0.1, -0.05) is 12.1 Å². The number of fused-ring (bicyclic) bond motifs is 5. The first-order valence-corrected chi connectivity index (χ1v) is 22.8. The van der Waals surface area contributed by atoms with Gasteiger partial charge in [0.15, 0.2) is 23.1 Å². The van der Waals surface area contributed by atoms with Crippen LogP contribution in [-0.4, -0.2) is 146 Å². The van der Waals surface area contributed by atoms with E-state index in [1.54, 1.807) is 12.1 Å². The molecule has 0 radical (unpaired) electrons. The van der Waals surface area contributed by atoms with Crippen molar-refractivity contribution in [3.05, 3.63) is 72.3 Å². The van der Waals surface area contributed by atoms with Gasteiger partial charge >= 0.3 is 6.03 Å². The van der Waals surface area contributed by atoms with Crippen LogP contribution in [0.2, 0.25) is 0 Å². The Bertz CT molecular complexity index is 2500. The molecule has 3 aromatic carbocycles. The van der Waals surface area contributed by atoms with E-state index in [1.165, 1.54) is 24.3 Å². The van der Waals surface area contributed by atoms with Gasteiger partial charge in [0.1, 0.15) is 30.3 Å². The first kappa shape index (κ1) is 43.3. The number of hydrogen-bond acceptors (Lipinski definition) is 14. The molecule has 3 atom stereocenters. The average Bonchev–Trinajstić information content (AvgIpc) is 3.65. The molecule has 11 rings (SSSR count). The van der Waals surface area contributed by atoms with E-state index in [0.29, 0.717) is 95.3 Å². The molecule has 19 heteroatoms. The highest BCUT2D eigenvalue weighted by molar-refractivity contribution is 6.02. The molecule has 4 aromatic rings. The molecule has 0 spiro atoms. The molecular formula is C47H54F2N10O7. The van der Waals surface area contributed by atoms with Crippen molar-refractivity contribution in [1.29, 1.82) is 0 Å². The number of nitrogens with one attached hydrogen (secondary N) is 1. The second-order valence-electron chi connectivity index (χ2n) is 18.0. The number of nitrogens with two attached hydrogens (primary N) is 1. The molecule has 1 unspecified atom stereocenters. The maximum atomic E-state index is 15.4. The molecule has 8 heterocycles. The molecule has 17 nitrogen and oxygen atoms in total. The van der Waals surface area contributed by atoms with Crippen LogP contribution in [0.15, 0.2) is 60.7 Å². The minimum atomic E-state index is -0.764. The fourth-order valence-electron chi connectivity index (χ4n) is 10.4. The van der Waals surface area contributed by atoms with Gasteiger partial charge in [-0.05, 0) is 55.7 Å². The van der Waals surface area contributed by atoms with Gasteiger partial charge in [0.2, 0.25) is 11.8 Å². The highest BCUT2D eigenvalue weighted by Gasteiger charge is 2.39. The number of carbonyl (C=O) groups is 3. The van der Waals surface area contributed by atoms with E-state index < -0.39 is 23.4 Å². The number of amides is 4. The van der Waals surface area contributed by atoms with E-state index in [-0.39, 0.29) is 59.2 Å². The monoisotopic (exact) mass is 908 g/mol. The average molecular weight is 909 g/mol. The van der Waals surface area contributed by atoms with Gasteiger partial charge in [-0.3, -0.25) is 14.9 Å². The van der Waals surface area contributed by atoms with Crippen molar-refractivity contribution in [3.63, 3.8) is 0 Å². The van der Waals surface area contributed by atoms with Crippen molar-refractivity contribution in [2.75, 3.05) is 98.0 Å². The number of morpholine rings is 1. The van der Waals surface area contributed by atoms with Crippen molar-refractivity contribution in [1.82, 2.24) is 25.3 Å². The minimum absolute atomic E-state index is 0.0136. The molecule has 0 saturated carbocycles. The second-order valence-corrected chi connectivity index (χ2v) is 18.0. The minimum Gasteiger partial charge on any atom is -0.504 e. The molecule has 348 valence electrons. The molecule has 66 heavy (non-hydrogen) atoms. The van der Waals surface area contributed by atoms with Crippen molar-refractivity contribution in [2.45, 2.75) is 68.9 Å². The first-order chi connectivity index (χ1) is 32.0. The summed E-state index contributed by atoms with van der Waals surface area (Å²) in [7, 11) is 1.88. The van der Waals surface area contributed by atoms with Crippen molar-refractivity contribution in [3.8, 4) is 28.5 Å². The number of ether oxygens (including phenoxy) is 3. The number of phenolic OH excluding ortho intramolecular Hbond substituents is 1. The van der Waals surface area contributed by atoms with E-state index >= 15 is 4.39 Å². The van der Waals surface area contributed by atoms with Crippen LogP contribution in [-0.2, 0) is 14.3 Å². The van der Waals surface area contributed by atoms with E-state index in [4.69, 9.17) is 19.9 Å². The summed E-state index contributed by atoms with van der Waals surface area (Å²) in [6, 6.07) is 16.1. The predicted molar refractivity (Wildman–Crippen MR) is 242 cm³/mol. The van der Waals surface area contributed by atoms with Crippen LogP contribution in [0.5, 0.6) is 17.2 Å². The second kappa shape index (κ2) is 18.0. The third-order valence-electron chi connectivity index (χ3n) is 13.9. The fourth-order valence-corrected chi connectivity index (χ4v) is 10.4. The number of nitrogen functional groups attached to an aromatic ring is 1. The summed E-state index contributed by atoms with van der Waals surface area (Å²) >= 11 is 0. The van der Waals surface area contributed by atoms with Crippen LogP contribution >= 0.6 is 0 Å². The Balaban J connectivity index is 0.733. The quantitative estimate of drug-likeness (QED) is 0.212. The van der Waals surface area contributed by atoms with Crippen molar-refractivity contribution in [2.24, 2.45) is 0 Å². The summed E-state index contributed by atoms with van der Waals surface area (Å²) in [5.41, 5.74) is 9.88. The predicted octanol–water partition coefficient (Wildman–Crippen LogP) is 4.37. The summed E-state index contributed by atoms with van der Waals surface area (Å²) in [4.78, 5) is 50.7. The van der Waals surface area contributed by atoms with E-state index in [2.05, 4.69) is 30.2 Å². The lowest BCUT2D eigenvalue weighted by molar-refractivity contribution is -0.134. The Kier molecular flexibility index (Phi) is 11.8. The smallest absolute Gasteiger partial charge is 0.319 e. The fraction of sp³-hybridized carbons (Fsp3) is 0.468. The third-order valence-corrected chi connectivity index (χ3v) is 13.9. The number of nitrogens with zero attached hydrogens (tertiary/aromatic N) is 8. The number of carbonyl (C=O) groups excluding carboxylic acids is 3.